The van der Waals surface area contributed by atoms with Crippen molar-refractivity contribution in [2.75, 3.05) is 13.2 Å². The number of aliphatic hydroxyl groups excluding tert-OH is 5. The van der Waals surface area contributed by atoms with Gasteiger partial charge in [0.05, 0.1) is 25.4 Å². The third-order valence-corrected chi connectivity index (χ3v) is 14.6. The summed E-state index contributed by atoms with van der Waals surface area (Å²) in [5, 5.41) is 53.9. The summed E-state index contributed by atoms with van der Waals surface area (Å²) in [5.74, 6) is -0.147. The lowest BCUT2D eigenvalue weighted by Gasteiger charge is -2.40. The summed E-state index contributed by atoms with van der Waals surface area (Å²) in [6.45, 7) is 3.73. The average Bonchev–Trinajstić information content (AvgIpc) is 3.34. The van der Waals surface area contributed by atoms with Gasteiger partial charge < -0.3 is 40.3 Å². The number of hydrogen-bond donors (Lipinski definition) is 6. The van der Waals surface area contributed by atoms with E-state index in [1.165, 1.54) is 231 Å². The molecule has 9 heteroatoms. The number of rotatable bonds is 52. The Morgan fingerprint density at radius 3 is 1.19 bits per heavy atom. The molecule has 1 aliphatic rings. The molecule has 0 spiro atoms. The quantitative estimate of drug-likeness (QED) is 0.0261. The summed E-state index contributed by atoms with van der Waals surface area (Å²) in [5.41, 5.74) is 0. The number of unbranched alkanes of at least 4 members (excludes halogenated alkanes) is 40. The van der Waals surface area contributed by atoms with E-state index in [9.17, 15) is 30.3 Å². The summed E-state index contributed by atoms with van der Waals surface area (Å²) < 4.78 is 11.2. The molecule has 1 heterocycles. The van der Waals surface area contributed by atoms with Gasteiger partial charge in [0.1, 0.15) is 24.4 Å². The Labute approximate surface area is 420 Å². The van der Waals surface area contributed by atoms with Crippen LogP contribution in [0.1, 0.15) is 303 Å². The van der Waals surface area contributed by atoms with Crippen molar-refractivity contribution in [3.8, 4) is 0 Å². The van der Waals surface area contributed by atoms with E-state index in [1.54, 1.807) is 0 Å². The van der Waals surface area contributed by atoms with Crippen LogP contribution in [0.2, 0.25) is 0 Å². The summed E-state index contributed by atoms with van der Waals surface area (Å²) in [4.78, 5) is 12.9. The van der Waals surface area contributed by atoms with E-state index in [-0.39, 0.29) is 12.5 Å². The first-order chi connectivity index (χ1) is 33.3. The molecule has 9 nitrogen and oxygen atoms in total. The molecule has 1 aliphatic heterocycles. The van der Waals surface area contributed by atoms with Gasteiger partial charge in [0.15, 0.2) is 6.29 Å². The second kappa shape index (κ2) is 49.5. The molecular weight excluding hydrogens is 851 g/mol. The van der Waals surface area contributed by atoms with Crippen molar-refractivity contribution in [1.82, 2.24) is 5.32 Å². The molecule has 1 fully saturated rings. The average molecular weight is 967 g/mol. The Balaban J connectivity index is 1.87. The van der Waals surface area contributed by atoms with Gasteiger partial charge in [-0.15, -0.1) is 0 Å². The predicted molar refractivity (Wildman–Crippen MR) is 286 cm³/mol. The lowest BCUT2D eigenvalue weighted by Crippen LogP contribution is -2.60. The van der Waals surface area contributed by atoms with Crippen molar-refractivity contribution < 1.29 is 39.8 Å². The summed E-state index contributed by atoms with van der Waals surface area (Å²) in [7, 11) is 0. The molecule has 0 bridgehead atoms. The smallest absolute Gasteiger partial charge is 0.220 e. The maximum atomic E-state index is 12.9. The first-order valence-electron chi connectivity index (χ1n) is 29.9. The number of carbonyl (C=O) groups excluding carboxylic acids is 1. The number of hydrogen-bond acceptors (Lipinski definition) is 8. The van der Waals surface area contributed by atoms with Gasteiger partial charge in [-0.25, -0.2) is 0 Å². The highest BCUT2D eigenvalue weighted by atomic mass is 16.7. The van der Waals surface area contributed by atoms with Crippen molar-refractivity contribution in [2.45, 2.75) is 346 Å². The number of amides is 1. The highest BCUT2D eigenvalue weighted by Gasteiger charge is 2.44. The minimum atomic E-state index is -1.55. The molecule has 0 aromatic heterocycles. The van der Waals surface area contributed by atoms with E-state index in [0.717, 1.165) is 44.9 Å². The molecule has 1 rings (SSSR count). The molecule has 0 aliphatic carbocycles. The Bertz CT molecular complexity index is 1080. The zero-order chi connectivity index (χ0) is 49.4. The number of ether oxygens (including phenoxy) is 2. The molecule has 404 valence electrons. The van der Waals surface area contributed by atoms with Crippen molar-refractivity contribution >= 4 is 5.91 Å². The van der Waals surface area contributed by atoms with Crippen molar-refractivity contribution in [3.63, 3.8) is 0 Å². The van der Waals surface area contributed by atoms with Crippen LogP contribution >= 0.6 is 0 Å². The lowest BCUT2D eigenvalue weighted by molar-refractivity contribution is -0.302. The highest BCUT2D eigenvalue weighted by Crippen LogP contribution is 2.23. The number of allylic oxidation sites excluding steroid dienone is 2. The van der Waals surface area contributed by atoms with Crippen molar-refractivity contribution in [2.24, 2.45) is 0 Å². The van der Waals surface area contributed by atoms with Gasteiger partial charge in [-0.05, 0) is 38.5 Å². The topological polar surface area (TPSA) is 149 Å². The Hall–Kier alpha value is -1.07. The van der Waals surface area contributed by atoms with Crippen LogP contribution in [0.4, 0.5) is 0 Å². The van der Waals surface area contributed by atoms with E-state index >= 15 is 0 Å². The zero-order valence-corrected chi connectivity index (χ0v) is 44.9. The Kier molecular flexibility index (Phi) is 47.3. The van der Waals surface area contributed by atoms with Gasteiger partial charge in [-0.2, -0.15) is 0 Å². The normalized spacial score (nSPS) is 19.5. The van der Waals surface area contributed by atoms with E-state index in [4.69, 9.17) is 9.47 Å². The second-order valence-corrected chi connectivity index (χ2v) is 21.1. The van der Waals surface area contributed by atoms with E-state index < -0.39 is 49.5 Å². The third-order valence-electron chi connectivity index (χ3n) is 14.6. The monoisotopic (exact) mass is 966 g/mol. The fraction of sp³-hybridized carbons (Fsp3) is 0.949. The molecule has 7 unspecified atom stereocenters. The van der Waals surface area contributed by atoms with Gasteiger partial charge in [0, 0.05) is 6.42 Å². The molecule has 0 aromatic rings. The molecular formula is C59H115NO8. The summed E-state index contributed by atoms with van der Waals surface area (Å²) in [6.07, 6.45) is 55.2. The SMILES string of the molecule is CCCCCCCCCC/C=C\CCCCCCCCCCCCCCCCCCCCCCCCCCCCCCCC(=O)NC(COC1OC(CO)C(O)C(O)C1O)C(O)CCCCCC. The van der Waals surface area contributed by atoms with Gasteiger partial charge in [-0.3, -0.25) is 4.79 Å². The number of nitrogens with one attached hydrogen (secondary N) is 1. The molecule has 0 aromatic carbocycles. The molecule has 0 saturated carbocycles. The van der Waals surface area contributed by atoms with Crippen molar-refractivity contribution in [3.05, 3.63) is 12.2 Å². The predicted octanol–water partition coefficient (Wildman–Crippen LogP) is 14.8. The molecule has 1 amide bonds. The van der Waals surface area contributed by atoms with E-state index in [0.29, 0.717) is 12.8 Å². The largest absolute Gasteiger partial charge is 0.394 e. The van der Waals surface area contributed by atoms with Crippen LogP contribution in [-0.2, 0) is 14.3 Å². The second-order valence-electron chi connectivity index (χ2n) is 21.1. The van der Waals surface area contributed by atoms with Crippen LogP contribution in [0, 0.1) is 0 Å². The summed E-state index contributed by atoms with van der Waals surface area (Å²) >= 11 is 0. The zero-order valence-electron chi connectivity index (χ0n) is 44.9. The first kappa shape index (κ1) is 64.9. The Morgan fingerprint density at radius 2 is 0.824 bits per heavy atom. The maximum absolute atomic E-state index is 12.9. The standard InChI is InChI=1S/C59H115NO8/c1-3-5-7-9-10-11-12-13-14-15-16-17-18-19-20-21-22-23-24-25-26-27-28-29-30-31-32-33-34-35-36-37-38-39-40-41-42-43-44-45-47-49-55(63)60-52(53(62)48-46-8-6-4-2)51-67-59-58(66)57(65)56(64)54(50-61)68-59/h15-16,52-54,56-59,61-62,64-66H,3-14,17-51H2,1-2H3,(H,60,63)/b16-15-. The molecule has 0 radical (unpaired) electrons. The molecule has 7 atom stereocenters. The van der Waals surface area contributed by atoms with Crippen LogP contribution in [0.15, 0.2) is 12.2 Å². The van der Waals surface area contributed by atoms with Crippen LogP contribution < -0.4 is 5.32 Å². The fourth-order valence-corrected chi connectivity index (χ4v) is 9.87. The molecule has 68 heavy (non-hydrogen) atoms. The fourth-order valence-electron chi connectivity index (χ4n) is 9.87. The van der Waals surface area contributed by atoms with Crippen molar-refractivity contribution in [1.29, 1.82) is 0 Å². The minimum absolute atomic E-state index is 0.137. The first-order valence-corrected chi connectivity index (χ1v) is 29.9. The van der Waals surface area contributed by atoms with Gasteiger partial charge in [0.25, 0.3) is 0 Å². The molecule has 6 N–H and O–H groups in total. The van der Waals surface area contributed by atoms with Crippen LogP contribution in [0.25, 0.3) is 0 Å². The third kappa shape index (κ3) is 38.6. The van der Waals surface area contributed by atoms with Crippen LogP contribution in [0.5, 0.6) is 0 Å². The summed E-state index contributed by atoms with van der Waals surface area (Å²) in [6, 6.07) is -0.710. The number of aliphatic hydroxyl groups is 5. The number of carbonyl (C=O) groups is 1. The molecule has 1 saturated heterocycles. The van der Waals surface area contributed by atoms with E-state index in [1.807, 2.05) is 0 Å². The van der Waals surface area contributed by atoms with Crippen LogP contribution in [0.3, 0.4) is 0 Å². The lowest BCUT2D eigenvalue weighted by atomic mass is 9.99. The van der Waals surface area contributed by atoms with Gasteiger partial charge in [0.2, 0.25) is 5.91 Å². The van der Waals surface area contributed by atoms with Gasteiger partial charge >= 0.3 is 0 Å². The van der Waals surface area contributed by atoms with Gasteiger partial charge in [-0.1, -0.05) is 270 Å². The minimum Gasteiger partial charge on any atom is -0.394 e. The Morgan fingerprint density at radius 1 is 0.485 bits per heavy atom. The van der Waals surface area contributed by atoms with Crippen LogP contribution in [-0.4, -0.2) is 87.5 Å². The maximum Gasteiger partial charge on any atom is 0.220 e. The highest BCUT2D eigenvalue weighted by molar-refractivity contribution is 5.76. The van der Waals surface area contributed by atoms with E-state index in [2.05, 4.69) is 31.3 Å².